The second-order valence-electron chi connectivity index (χ2n) is 3.16. The fraction of sp³-hybridized carbons (Fsp3) is 1.00. The maximum atomic E-state index is 11.2. The number of aliphatic hydroxyl groups excluding tert-OH is 1. The first-order chi connectivity index (χ1) is 6.70. The molecule has 0 aromatic heterocycles. The van der Waals surface area contributed by atoms with Gasteiger partial charge in [-0.2, -0.15) is 0 Å². The molecule has 0 heterocycles. The molecule has 0 aromatic rings. The minimum atomic E-state index is -0.879. The summed E-state index contributed by atoms with van der Waals surface area (Å²) < 4.78 is 16.1. The van der Waals surface area contributed by atoms with Gasteiger partial charge in [0.05, 0.1) is 18.5 Å². The number of methoxy groups -OCH3 is 1. The highest BCUT2D eigenvalue weighted by molar-refractivity contribution is 7.85. The summed E-state index contributed by atoms with van der Waals surface area (Å²) in [7, 11) is 0.755. The molecule has 0 bridgehead atoms. The third kappa shape index (κ3) is 8.62. The van der Waals surface area contributed by atoms with E-state index in [0.29, 0.717) is 31.2 Å². The second-order valence-corrected chi connectivity index (χ2v) is 4.78. The third-order valence-corrected chi connectivity index (χ3v) is 3.29. The van der Waals surface area contributed by atoms with E-state index >= 15 is 0 Å². The number of aliphatic hydroxyl groups is 1. The SMILES string of the molecule is CCCS(=O)CC(O)CNCCOC. The largest absolute Gasteiger partial charge is 0.391 e. The Morgan fingerprint density at radius 1 is 1.57 bits per heavy atom. The summed E-state index contributed by atoms with van der Waals surface area (Å²) in [4.78, 5) is 0. The van der Waals surface area contributed by atoms with Gasteiger partial charge < -0.3 is 15.2 Å². The first-order valence-corrected chi connectivity index (χ1v) is 6.42. The molecule has 2 N–H and O–H groups in total. The summed E-state index contributed by atoms with van der Waals surface area (Å²) >= 11 is 0. The van der Waals surface area contributed by atoms with E-state index < -0.39 is 16.9 Å². The Morgan fingerprint density at radius 2 is 2.29 bits per heavy atom. The fourth-order valence-electron chi connectivity index (χ4n) is 1.03. The molecule has 0 radical (unpaired) electrons. The first-order valence-electron chi connectivity index (χ1n) is 4.93. The van der Waals surface area contributed by atoms with Crippen molar-refractivity contribution in [2.24, 2.45) is 0 Å². The van der Waals surface area contributed by atoms with Crippen molar-refractivity contribution in [3.63, 3.8) is 0 Å². The molecule has 0 aliphatic carbocycles. The van der Waals surface area contributed by atoms with Crippen LogP contribution in [0.1, 0.15) is 13.3 Å². The van der Waals surface area contributed by atoms with Gasteiger partial charge in [0.2, 0.25) is 0 Å². The van der Waals surface area contributed by atoms with Crippen molar-refractivity contribution in [3.05, 3.63) is 0 Å². The molecule has 2 unspecified atom stereocenters. The molecule has 14 heavy (non-hydrogen) atoms. The van der Waals surface area contributed by atoms with Crippen LogP contribution in [0.2, 0.25) is 0 Å². The number of nitrogens with one attached hydrogen (secondary N) is 1. The quantitative estimate of drug-likeness (QED) is 0.529. The standard InChI is InChI=1S/C9H21NO3S/c1-3-6-14(12)8-9(11)7-10-4-5-13-2/h9-11H,3-8H2,1-2H3. The van der Waals surface area contributed by atoms with Gasteiger partial charge in [0.15, 0.2) is 0 Å². The zero-order valence-corrected chi connectivity index (χ0v) is 9.81. The van der Waals surface area contributed by atoms with E-state index in [1.54, 1.807) is 7.11 Å². The van der Waals surface area contributed by atoms with Crippen molar-refractivity contribution in [2.45, 2.75) is 19.4 Å². The van der Waals surface area contributed by atoms with Gasteiger partial charge in [-0.15, -0.1) is 0 Å². The Hall–Kier alpha value is 0.0300. The summed E-state index contributed by atoms with van der Waals surface area (Å²) in [6.45, 7) is 3.82. The molecule has 0 aliphatic rings. The van der Waals surface area contributed by atoms with Crippen LogP contribution in [0.15, 0.2) is 0 Å². The van der Waals surface area contributed by atoms with Crippen LogP contribution in [0.3, 0.4) is 0 Å². The van der Waals surface area contributed by atoms with Gasteiger partial charge in [-0.25, -0.2) is 0 Å². The molecule has 0 aliphatic heterocycles. The molecule has 2 atom stereocenters. The molecule has 0 saturated heterocycles. The summed E-state index contributed by atoms with van der Waals surface area (Å²) in [6, 6.07) is 0. The topological polar surface area (TPSA) is 58.6 Å². The van der Waals surface area contributed by atoms with Crippen LogP contribution in [-0.2, 0) is 15.5 Å². The van der Waals surface area contributed by atoms with Crippen LogP contribution in [0, 0.1) is 0 Å². The maximum Gasteiger partial charge on any atom is 0.0779 e. The van der Waals surface area contributed by atoms with E-state index in [4.69, 9.17) is 4.74 Å². The van der Waals surface area contributed by atoms with E-state index in [1.807, 2.05) is 6.92 Å². The number of hydrogen-bond acceptors (Lipinski definition) is 4. The van der Waals surface area contributed by atoms with Crippen molar-refractivity contribution in [3.8, 4) is 0 Å². The summed E-state index contributed by atoms with van der Waals surface area (Å²) in [5.41, 5.74) is 0. The molecule has 0 spiro atoms. The summed E-state index contributed by atoms with van der Waals surface area (Å²) in [5.74, 6) is 1.04. The zero-order chi connectivity index (χ0) is 10.8. The van der Waals surface area contributed by atoms with E-state index in [0.717, 1.165) is 6.42 Å². The van der Waals surface area contributed by atoms with Gasteiger partial charge in [0, 0.05) is 36.8 Å². The Bertz CT molecular complexity index is 155. The average molecular weight is 223 g/mol. The highest BCUT2D eigenvalue weighted by atomic mass is 32.2. The highest BCUT2D eigenvalue weighted by Gasteiger charge is 2.07. The van der Waals surface area contributed by atoms with Gasteiger partial charge in [0.1, 0.15) is 0 Å². The number of rotatable bonds is 9. The summed E-state index contributed by atoms with van der Waals surface area (Å²) in [5, 5.41) is 12.5. The van der Waals surface area contributed by atoms with Crippen molar-refractivity contribution < 1.29 is 14.1 Å². The minimum Gasteiger partial charge on any atom is -0.391 e. The van der Waals surface area contributed by atoms with Gasteiger partial charge in [-0.05, 0) is 6.42 Å². The lowest BCUT2D eigenvalue weighted by atomic mass is 10.4. The molecule has 86 valence electrons. The maximum absolute atomic E-state index is 11.2. The van der Waals surface area contributed by atoms with Crippen LogP contribution >= 0.6 is 0 Å². The Morgan fingerprint density at radius 3 is 2.86 bits per heavy atom. The molecule has 0 aromatic carbocycles. The molecule has 4 nitrogen and oxygen atoms in total. The van der Waals surface area contributed by atoms with Crippen molar-refractivity contribution in [1.29, 1.82) is 0 Å². The van der Waals surface area contributed by atoms with Crippen LogP contribution in [-0.4, -0.2) is 53.7 Å². The van der Waals surface area contributed by atoms with E-state index in [2.05, 4.69) is 5.32 Å². The first kappa shape index (κ1) is 14.0. The number of hydrogen-bond donors (Lipinski definition) is 2. The second kappa shape index (κ2) is 9.58. The minimum absolute atomic E-state index is 0.369. The van der Waals surface area contributed by atoms with E-state index in [-0.39, 0.29) is 0 Å². The van der Waals surface area contributed by atoms with Crippen LogP contribution in [0.5, 0.6) is 0 Å². The van der Waals surface area contributed by atoms with Crippen molar-refractivity contribution >= 4 is 10.8 Å². The van der Waals surface area contributed by atoms with Crippen LogP contribution in [0.25, 0.3) is 0 Å². The number of ether oxygens (including phenoxy) is 1. The lowest BCUT2D eigenvalue weighted by molar-refractivity contribution is 0.174. The third-order valence-electron chi connectivity index (χ3n) is 1.67. The monoisotopic (exact) mass is 223 g/mol. The van der Waals surface area contributed by atoms with Crippen LogP contribution < -0.4 is 5.32 Å². The van der Waals surface area contributed by atoms with E-state index in [1.165, 1.54) is 0 Å². The van der Waals surface area contributed by atoms with Crippen molar-refractivity contribution in [2.75, 3.05) is 38.3 Å². The Balaban J connectivity index is 3.35. The van der Waals surface area contributed by atoms with Gasteiger partial charge in [-0.1, -0.05) is 6.92 Å². The predicted molar refractivity (Wildman–Crippen MR) is 58.9 cm³/mol. The summed E-state index contributed by atoms with van der Waals surface area (Å²) in [6.07, 6.45) is 0.385. The molecule has 0 saturated carbocycles. The molecule has 0 rings (SSSR count). The van der Waals surface area contributed by atoms with Gasteiger partial charge >= 0.3 is 0 Å². The lowest BCUT2D eigenvalue weighted by Crippen LogP contribution is -2.33. The van der Waals surface area contributed by atoms with Crippen molar-refractivity contribution in [1.82, 2.24) is 5.32 Å². The Labute approximate surface area is 88.5 Å². The highest BCUT2D eigenvalue weighted by Crippen LogP contribution is 1.91. The lowest BCUT2D eigenvalue weighted by Gasteiger charge is -2.10. The Kier molecular flexibility index (Phi) is 9.60. The molecule has 0 amide bonds. The zero-order valence-electron chi connectivity index (χ0n) is 8.99. The smallest absolute Gasteiger partial charge is 0.0779 e. The fourth-order valence-corrected chi connectivity index (χ4v) is 2.20. The molecular weight excluding hydrogens is 202 g/mol. The van der Waals surface area contributed by atoms with Gasteiger partial charge in [-0.3, -0.25) is 4.21 Å². The molecule has 5 heteroatoms. The van der Waals surface area contributed by atoms with E-state index in [9.17, 15) is 9.32 Å². The predicted octanol–water partition coefficient (Wildman–Crippen LogP) is -0.258. The normalized spacial score (nSPS) is 15.4. The van der Waals surface area contributed by atoms with Crippen LogP contribution in [0.4, 0.5) is 0 Å². The molecule has 0 fully saturated rings. The average Bonchev–Trinajstić information content (AvgIpc) is 2.13. The van der Waals surface area contributed by atoms with Gasteiger partial charge in [0.25, 0.3) is 0 Å². The molecular formula is C9H21NO3S.